The predicted molar refractivity (Wildman–Crippen MR) is 162 cm³/mol. The van der Waals surface area contributed by atoms with Crippen LogP contribution in [0.1, 0.15) is 83.8 Å². The highest BCUT2D eigenvalue weighted by atomic mass is 16.6. The summed E-state index contributed by atoms with van der Waals surface area (Å²) >= 11 is 0. The van der Waals surface area contributed by atoms with Gasteiger partial charge in [-0.3, -0.25) is 4.79 Å². The lowest BCUT2D eigenvalue weighted by molar-refractivity contribution is -0.232. The minimum absolute atomic E-state index is 0.0717. The van der Waals surface area contributed by atoms with Crippen molar-refractivity contribution in [1.29, 1.82) is 0 Å². The largest absolute Gasteiger partial charge is 0.494 e. The van der Waals surface area contributed by atoms with Crippen LogP contribution in [0.25, 0.3) is 0 Å². The SMILES string of the molecule is CCOc1ccc(COC2(O)CCC3(C)C(=CC(Cc4ccccc4)C4C3CCC3(C)C(C(C)=O)CCC43)C2)cc1. The van der Waals surface area contributed by atoms with Crippen LogP contribution < -0.4 is 4.74 Å². The van der Waals surface area contributed by atoms with Crippen LogP contribution in [-0.4, -0.2) is 23.3 Å². The van der Waals surface area contributed by atoms with E-state index in [2.05, 4.69) is 50.3 Å². The molecule has 41 heavy (non-hydrogen) atoms. The monoisotopic (exact) mass is 556 g/mol. The molecule has 4 aliphatic rings. The van der Waals surface area contributed by atoms with Crippen molar-refractivity contribution in [2.45, 2.75) is 91.5 Å². The van der Waals surface area contributed by atoms with Gasteiger partial charge in [-0.25, -0.2) is 0 Å². The van der Waals surface area contributed by atoms with Crippen LogP contribution in [0.15, 0.2) is 66.2 Å². The van der Waals surface area contributed by atoms with Gasteiger partial charge in [0, 0.05) is 18.8 Å². The molecule has 0 amide bonds. The molecule has 3 fully saturated rings. The number of hydrogen-bond acceptors (Lipinski definition) is 4. The Morgan fingerprint density at radius 2 is 1.68 bits per heavy atom. The van der Waals surface area contributed by atoms with Gasteiger partial charge in [0.1, 0.15) is 11.5 Å². The fourth-order valence-corrected chi connectivity index (χ4v) is 9.72. The van der Waals surface area contributed by atoms with Crippen molar-refractivity contribution in [3.8, 4) is 5.75 Å². The van der Waals surface area contributed by atoms with Crippen LogP contribution in [0, 0.1) is 40.4 Å². The van der Waals surface area contributed by atoms with Gasteiger partial charge in [0.2, 0.25) is 0 Å². The highest BCUT2D eigenvalue weighted by Crippen LogP contribution is 2.68. The van der Waals surface area contributed by atoms with Crippen molar-refractivity contribution in [3.63, 3.8) is 0 Å². The number of aliphatic hydroxyl groups is 1. The molecule has 1 N–H and O–H groups in total. The van der Waals surface area contributed by atoms with E-state index in [9.17, 15) is 9.90 Å². The van der Waals surface area contributed by atoms with Gasteiger partial charge < -0.3 is 14.6 Å². The summed E-state index contributed by atoms with van der Waals surface area (Å²) in [5.74, 6) is 2.44. The number of carbonyl (C=O) groups excluding carboxylic acids is 1. The summed E-state index contributed by atoms with van der Waals surface area (Å²) in [6.45, 7) is 9.75. The minimum Gasteiger partial charge on any atom is -0.494 e. The second kappa shape index (κ2) is 11.0. The number of carbonyl (C=O) groups is 1. The third kappa shape index (κ3) is 5.20. The molecule has 0 spiro atoms. The number of Topliss-reactive ketones (excluding diaryl/α,β-unsaturated/α-hetero) is 1. The first-order valence-electron chi connectivity index (χ1n) is 16.0. The number of benzene rings is 2. The molecule has 8 unspecified atom stereocenters. The maximum absolute atomic E-state index is 12.8. The second-order valence-electron chi connectivity index (χ2n) is 14.0. The quantitative estimate of drug-likeness (QED) is 0.265. The molecule has 0 saturated heterocycles. The standard InChI is InChI=1S/C37H48O4/c1-5-40-30-13-11-27(12-14-30)24-41-37(39)20-19-35(3)29(23-37)22-28(21-26-9-7-6-8-10-26)34-32-16-15-31(25(2)38)36(32,4)18-17-33(34)35/h6-14,22,28,31-34,39H,5,15-21,23-24H2,1-4H3. The van der Waals surface area contributed by atoms with E-state index in [1.807, 2.05) is 38.1 Å². The number of ether oxygens (including phenoxy) is 2. The number of hydrogen-bond donors (Lipinski definition) is 1. The fourth-order valence-electron chi connectivity index (χ4n) is 9.72. The third-order valence-corrected chi connectivity index (χ3v) is 11.8. The van der Waals surface area contributed by atoms with Crippen molar-refractivity contribution >= 4 is 5.78 Å². The van der Waals surface area contributed by atoms with Crippen LogP contribution in [0.5, 0.6) is 5.75 Å². The fraction of sp³-hybridized carbons (Fsp3) is 0.595. The van der Waals surface area contributed by atoms with Crippen molar-refractivity contribution in [2.24, 2.45) is 40.4 Å². The van der Waals surface area contributed by atoms with E-state index in [1.54, 1.807) is 0 Å². The minimum atomic E-state index is -1.15. The molecule has 2 aromatic rings. The first-order chi connectivity index (χ1) is 19.6. The first kappa shape index (κ1) is 28.7. The predicted octanol–water partition coefficient (Wildman–Crippen LogP) is 7.93. The second-order valence-corrected chi connectivity index (χ2v) is 14.0. The van der Waals surface area contributed by atoms with Gasteiger partial charge in [0.05, 0.1) is 13.2 Å². The molecule has 220 valence electrons. The molecule has 0 heterocycles. The van der Waals surface area contributed by atoms with E-state index in [0.29, 0.717) is 55.5 Å². The number of fused-ring (bicyclic) bond motifs is 5. The van der Waals surface area contributed by atoms with Crippen molar-refractivity contribution in [2.75, 3.05) is 6.61 Å². The molecule has 8 atom stereocenters. The summed E-state index contributed by atoms with van der Waals surface area (Å²) in [6.07, 6.45) is 10.3. The zero-order valence-electron chi connectivity index (χ0n) is 25.4. The van der Waals surface area contributed by atoms with Gasteiger partial charge in [0.25, 0.3) is 0 Å². The average Bonchev–Trinajstić information content (AvgIpc) is 3.32. The Morgan fingerprint density at radius 1 is 0.927 bits per heavy atom. The molecule has 0 aromatic heterocycles. The molecule has 4 heteroatoms. The van der Waals surface area contributed by atoms with E-state index in [4.69, 9.17) is 9.47 Å². The van der Waals surface area contributed by atoms with Gasteiger partial charge in [-0.2, -0.15) is 0 Å². The molecular formula is C37H48O4. The van der Waals surface area contributed by atoms with Gasteiger partial charge in [-0.15, -0.1) is 0 Å². The number of allylic oxidation sites excluding steroid dienone is 1. The molecule has 2 aromatic carbocycles. The van der Waals surface area contributed by atoms with Crippen LogP contribution in [0.3, 0.4) is 0 Å². The number of rotatable bonds is 8. The maximum atomic E-state index is 12.8. The molecule has 4 nitrogen and oxygen atoms in total. The Hall–Kier alpha value is -2.43. The average molecular weight is 557 g/mol. The molecule has 0 bridgehead atoms. The van der Waals surface area contributed by atoms with Crippen molar-refractivity contribution < 1.29 is 19.4 Å². The molecule has 4 aliphatic carbocycles. The highest BCUT2D eigenvalue weighted by Gasteiger charge is 2.62. The summed E-state index contributed by atoms with van der Waals surface area (Å²) < 4.78 is 11.9. The van der Waals surface area contributed by atoms with Crippen LogP contribution in [-0.2, 0) is 22.6 Å². The lowest BCUT2D eigenvalue weighted by Gasteiger charge is -2.60. The summed E-state index contributed by atoms with van der Waals surface area (Å²) in [5, 5.41) is 11.8. The van der Waals surface area contributed by atoms with Crippen molar-refractivity contribution in [1.82, 2.24) is 0 Å². The van der Waals surface area contributed by atoms with Crippen LogP contribution >= 0.6 is 0 Å². The van der Waals surface area contributed by atoms with E-state index in [0.717, 1.165) is 37.0 Å². The molecule has 3 saturated carbocycles. The first-order valence-corrected chi connectivity index (χ1v) is 16.0. The Bertz CT molecular complexity index is 1270. The maximum Gasteiger partial charge on any atom is 0.169 e. The Morgan fingerprint density at radius 3 is 2.39 bits per heavy atom. The normalized spacial score (nSPS) is 37.9. The summed E-state index contributed by atoms with van der Waals surface area (Å²) in [4.78, 5) is 12.8. The zero-order valence-corrected chi connectivity index (χ0v) is 25.4. The summed E-state index contributed by atoms with van der Waals surface area (Å²) in [5.41, 5.74) is 4.00. The molecular weight excluding hydrogens is 508 g/mol. The zero-order chi connectivity index (χ0) is 28.8. The summed E-state index contributed by atoms with van der Waals surface area (Å²) in [6, 6.07) is 18.9. The van der Waals surface area contributed by atoms with Gasteiger partial charge in [-0.05, 0) is 110 Å². The third-order valence-electron chi connectivity index (χ3n) is 11.8. The molecule has 0 aliphatic heterocycles. The van der Waals surface area contributed by atoms with Crippen LogP contribution in [0.4, 0.5) is 0 Å². The van der Waals surface area contributed by atoms with Crippen molar-refractivity contribution in [3.05, 3.63) is 77.4 Å². The van der Waals surface area contributed by atoms with Crippen LogP contribution in [0.2, 0.25) is 0 Å². The lowest BCUT2D eigenvalue weighted by atomic mass is 9.44. The Labute approximate surface area is 246 Å². The lowest BCUT2D eigenvalue weighted by Crippen LogP contribution is -2.55. The number of ketones is 1. The topological polar surface area (TPSA) is 55.8 Å². The van der Waals surface area contributed by atoms with Gasteiger partial charge >= 0.3 is 0 Å². The van der Waals surface area contributed by atoms with E-state index in [-0.39, 0.29) is 16.7 Å². The van der Waals surface area contributed by atoms with Gasteiger partial charge in [-0.1, -0.05) is 68.0 Å². The highest BCUT2D eigenvalue weighted by molar-refractivity contribution is 5.79. The molecule has 6 rings (SSSR count). The smallest absolute Gasteiger partial charge is 0.169 e. The molecule has 0 radical (unpaired) electrons. The van der Waals surface area contributed by atoms with E-state index >= 15 is 0 Å². The van der Waals surface area contributed by atoms with E-state index < -0.39 is 5.79 Å². The van der Waals surface area contributed by atoms with Gasteiger partial charge in [0.15, 0.2) is 5.79 Å². The Kier molecular flexibility index (Phi) is 7.70. The van der Waals surface area contributed by atoms with E-state index in [1.165, 1.54) is 24.0 Å². The Balaban J connectivity index is 1.28. The summed E-state index contributed by atoms with van der Waals surface area (Å²) in [7, 11) is 0.